The number of hydrogen-bond acceptors (Lipinski definition) is 3. The Labute approximate surface area is 157 Å². The second-order valence-corrected chi connectivity index (χ2v) is 6.70. The third-order valence-corrected chi connectivity index (χ3v) is 4.27. The lowest BCUT2D eigenvalue weighted by Crippen LogP contribution is -2.45. The molecule has 1 aliphatic rings. The Morgan fingerprint density at radius 2 is 1.78 bits per heavy atom. The van der Waals surface area contributed by atoms with Crippen LogP contribution in [0.5, 0.6) is 0 Å². The molecule has 2 unspecified atom stereocenters. The van der Waals surface area contributed by atoms with Crippen molar-refractivity contribution in [3.63, 3.8) is 0 Å². The minimum absolute atomic E-state index is 0.0316. The van der Waals surface area contributed by atoms with Crippen LogP contribution in [0.2, 0.25) is 0 Å². The fourth-order valence-corrected chi connectivity index (χ4v) is 3.15. The molecule has 4 nitrogen and oxygen atoms in total. The Hall–Kier alpha value is -2.73. The van der Waals surface area contributed by atoms with E-state index in [1.165, 1.54) is 24.3 Å². The molecule has 3 rings (SSSR count). The van der Waals surface area contributed by atoms with Gasteiger partial charge in [-0.2, -0.15) is 0 Å². The SMILES string of the molecule is CC1CN(c2ccc(NC(=O)/C=C/c3ccc(F)cc3)cc2F)CC(C)O1. The largest absolute Gasteiger partial charge is 0.372 e. The van der Waals surface area contributed by atoms with Crippen molar-refractivity contribution in [2.24, 2.45) is 0 Å². The van der Waals surface area contributed by atoms with E-state index in [9.17, 15) is 13.6 Å². The van der Waals surface area contributed by atoms with Crippen LogP contribution in [0.1, 0.15) is 19.4 Å². The first-order valence-corrected chi connectivity index (χ1v) is 8.85. The number of carbonyl (C=O) groups excluding carboxylic acids is 1. The number of morpholine rings is 1. The average molecular weight is 372 g/mol. The van der Waals surface area contributed by atoms with Crippen molar-refractivity contribution in [3.8, 4) is 0 Å². The first kappa shape index (κ1) is 19.0. The van der Waals surface area contributed by atoms with E-state index in [-0.39, 0.29) is 23.9 Å². The molecule has 0 radical (unpaired) electrons. The number of halogens is 2. The van der Waals surface area contributed by atoms with Crippen LogP contribution in [0, 0.1) is 11.6 Å². The van der Waals surface area contributed by atoms with Gasteiger partial charge in [-0.05, 0) is 55.8 Å². The predicted molar refractivity (Wildman–Crippen MR) is 103 cm³/mol. The van der Waals surface area contributed by atoms with Gasteiger partial charge in [0.1, 0.15) is 11.6 Å². The van der Waals surface area contributed by atoms with Crippen molar-refractivity contribution >= 4 is 23.4 Å². The summed E-state index contributed by atoms with van der Waals surface area (Å²) in [4.78, 5) is 14.0. The number of ether oxygens (including phenoxy) is 1. The summed E-state index contributed by atoms with van der Waals surface area (Å²) in [7, 11) is 0. The highest BCUT2D eigenvalue weighted by Crippen LogP contribution is 2.26. The molecule has 2 aromatic rings. The van der Waals surface area contributed by atoms with Crippen molar-refractivity contribution in [2.45, 2.75) is 26.1 Å². The number of benzene rings is 2. The quantitative estimate of drug-likeness (QED) is 0.817. The topological polar surface area (TPSA) is 41.6 Å². The standard InChI is InChI=1S/C21H22F2N2O2/c1-14-12-25(13-15(2)27-14)20-9-8-18(11-19(20)23)24-21(26)10-5-16-3-6-17(22)7-4-16/h3-11,14-15H,12-13H2,1-2H3,(H,24,26)/b10-5+. The first-order valence-electron chi connectivity index (χ1n) is 8.85. The van der Waals surface area contributed by atoms with E-state index in [1.54, 1.807) is 30.3 Å². The lowest BCUT2D eigenvalue weighted by atomic mass is 10.1. The zero-order valence-corrected chi connectivity index (χ0v) is 15.3. The van der Waals surface area contributed by atoms with Crippen LogP contribution in [-0.2, 0) is 9.53 Å². The molecule has 1 saturated heterocycles. The minimum atomic E-state index is -0.392. The van der Waals surface area contributed by atoms with Gasteiger partial charge in [0, 0.05) is 24.9 Å². The van der Waals surface area contributed by atoms with Crippen molar-refractivity contribution in [2.75, 3.05) is 23.3 Å². The number of hydrogen-bond donors (Lipinski definition) is 1. The van der Waals surface area contributed by atoms with Gasteiger partial charge in [0.25, 0.3) is 0 Å². The molecule has 1 aliphatic heterocycles. The number of carbonyl (C=O) groups is 1. The minimum Gasteiger partial charge on any atom is -0.372 e. The molecular weight excluding hydrogens is 350 g/mol. The Kier molecular flexibility index (Phi) is 5.86. The maximum absolute atomic E-state index is 14.5. The molecule has 0 aliphatic carbocycles. The lowest BCUT2D eigenvalue weighted by Gasteiger charge is -2.37. The van der Waals surface area contributed by atoms with Gasteiger partial charge in [-0.15, -0.1) is 0 Å². The molecule has 6 heteroatoms. The maximum Gasteiger partial charge on any atom is 0.248 e. The molecule has 1 N–H and O–H groups in total. The average Bonchev–Trinajstić information content (AvgIpc) is 2.60. The zero-order chi connectivity index (χ0) is 19.4. The van der Waals surface area contributed by atoms with E-state index >= 15 is 0 Å². The van der Waals surface area contributed by atoms with Crippen LogP contribution in [0.25, 0.3) is 6.08 Å². The van der Waals surface area contributed by atoms with E-state index in [0.717, 1.165) is 0 Å². The Morgan fingerprint density at radius 3 is 2.41 bits per heavy atom. The summed E-state index contributed by atoms with van der Waals surface area (Å²) in [5.41, 5.74) is 1.57. The smallest absolute Gasteiger partial charge is 0.248 e. The summed E-state index contributed by atoms with van der Waals surface area (Å²) < 4.78 is 33.1. The molecule has 0 bridgehead atoms. The van der Waals surface area contributed by atoms with E-state index in [0.29, 0.717) is 30.0 Å². The summed E-state index contributed by atoms with van der Waals surface area (Å²) in [6, 6.07) is 10.4. The third-order valence-electron chi connectivity index (χ3n) is 4.27. The third kappa shape index (κ3) is 5.14. The molecular formula is C21H22F2N2O2. The molecule has 0 saturated carbocycles. The molecule has 0 aromatic heterocycles. The molecule has 2 aromatic carbocycles. The number of anilines is 2. The number of rotatable bonds is 4. The van der Waals surface area contributed by atoms with Gasteiger partial charge in [0.05, 0.1) is 17.9 Å². The number of amides is 1. The van der Waals surface area contributed by atoms with E-state index < -0.39 is 5.82 Å². The van der Waals surface area contributed by atoms with Crippen LogP contribution < -0.4 is 10.2 Å². The van der Waals surface area contributed by atoms with E-state index in [1.807, 2.05) is 18.7 Å². The first-order chi connectivity index (χ1) is 12.9. The predicted octanol–water partition coefficient (Wildman–Crippen LogP) is 4.23. The normalized spacial score (nSPS) is 20.1. The van der Waals surface area contributed by atoms with Crippen molar-refractivity contribution in [1.82, 2.24) is 0 Å². The van der Waals surface area contributed by atoms with Crippen molar-refractivity contribution in [1.29, 1.82) is 0 Å². The lowest BCUT2D eigenvalue weighted by molar-refractivity contribution is -0.111. The zero-order valence-electron chi connectivity index (χ0n) is 15.3. The molecule has 0 spiro atoms. The summed E-state index contributed by atoms with van der Waals surface area (Å²) >= 11 is 0. The molecule has 2 atom stereocenters. The summed E-state index contributed by atoms with van der Waals surface area (Å²) in [6.45, 7) is 5.16. The van der Waals surface area contributed by atoms with Crippen LogP contribution in [-0.4, -0.2) is 31.2 Å². The molecule has 1 fully saturated rings. The van der Waals surface area contributed by atoms with Crippen LogP contribution in [0.4, 0.5) is 20.2 Å². The highest BCUT2D eigenvalue weighted by Gasteiger charge is 2.24. The Morgan fingerprint density at radius 1 is 1.11 bits per heavy atom. The van der Waals surface area contributed by atoms with Crippen LogP contribution >= 0.6 is 0 Å². The highest BCUT2D eigenvalue weighted by molar-refractivity contribution is 6.02. The molecule has 27 heavy (non-hydrogen) atoms. The molecule has 1 heterocycles. The summed E-state index contributed by atoms with van der Waals surface area (Å²) in [6.07, 6.45) is 2.95. The Bertz CT molecular complexity index is 827. The highest BCUT2D eigenvalue weighted by atomic mass is 19.1. The summed E-state index contributed by atoms with van der Waals surface area (Å²) in [5, 5.41) is 2.63. The Balaban J connectivity index is 1.65. The van der Waals surface area contributed by atoms with Crippen LogP contribution in [0.3, 0.4) is 0 Å². The van der Waals surface area contributed by atoms with Gasteiger partial charge in [-0.3, -0.25) is 4.79 Å². The van der Waals surface area contributed by atoms with E-state index in [4.69, 9.17) is 4.74 Å². The number of nitrogens with zero attached hydrogens (tertiary/aromatic N) is 1. The van der Waals surface area contributed by atoms with Gasteiger partial charge in [0.15, 0.2) is 0 Å². The van der Waals surface area contributed by atoms with Gasteiger partial charge in [-0.25, -0.2) is 8.78 Å². The second-order valence-electron chi connectivity index (χ2n) is 6.70. The maximum atomic E-state index is 14.5. The van der Waals surface area contributed by atoms with Gasteiger partial charge < -0.3 is 15.0 Å². The fraction of sp³-hybridized carbons (Fsp3) is 0.286. The monoisotopic (exact) mass is 372 g/mol. The van der Waals surface area contributed by atoms with Gasteiger partial charge >= 0.3 is 0 Å². The fourth-order valence-electron chi connectivity index (χ4n) is 3.15. The van der Waals surface area contributed by atoms with Gasteiger partial charge in [-0.1, -0.05) is 12.1 Å². The second kappa shape index (κ2) is 8.31. The molecule has 1 amide bonds. The van der Waals surface area contributed by atoms with Crippen molar-refractivity contribution < 1.29 is 18.3 Å². The van der Waals surface area contributed by atoms with Crippen LogP contribution in [0.15, 0.2) is 48.5 Å². The number of nitrogens with one attached hydrogen (secondary N) is 1. The van der Waals surface area contributed by atoms with E-state index in [2.05, 4.69) is 5.32 Å². The molecule has 142 valence electrons. The summed E-state index contributed by atoms with van der Waals surface area (Å²) in [5.74, 6) is -1.12. The van der Waals surface area contributed by atoms with Gasteiger partial charge in [0.2, 0.25) is 5.91 Å². The van der Waals surface area contributed by atoms with Crippen molar-refractivity contribution in [3.05, 3.63) is 65.7 Å².